The monoisotopic (exact) mass is 281 g/mol. The van der Waals surface area contributed by atoms with E-state index in [1.807, 2.05) is 4.90 Å². The molecule has 0 unspecified atom stereocenters. The van der Waals surface area contributed by atoms with Gasteiger partial charge in [0.15, 0.2) is 5.82 Å². The lowest BCUT2D eigenvalue weighted by Gasteiger charge is -2.24. The first-order chi connectivity index (χ1) is 9.46. The Morgan fingerprint density at radius 2 is 2.20 bits per heavy atom. The minimum atomic E-state index is -0.386. The first kappa shape index (κ1) is 16.2. The van der Waals surface area contributed by atoms with Crippen LogP contribution in [-0.4, -0.2) is 43.1 Å². The lowest BCUT2D eigenvalue weighted by atomic mass is 10.2. The molecule has 112 valence electrons. The summed E-state index contributed by atoms with van der Waals surface area (Å²) in [6.45, 7) is 5.28. The molecule has 1 aromatic rings. The van der Waals surface area contributed by atoms with Crippen LogP contribution in [0.3, 0.4) is 0 Å². The van der Waals surface area contributed by atoms with E-state index in [1.165, 1.54) is 0 Å². The van der Waals surface area contributed by atoms with Crippen LogP contribution in [0.15, 0.2) is 6.07 Å². The third kappa shape index (κ3) is 5.00. The van der Waals surface area contributed by atoms with Gasteiger partial charge in [0, 0.05) is 26.8 Å². The van der Waals surface area contributed by atoms with Crippen LogP contribution in [-0.2, 0) is 16.1 Å². The molecule has 7 heteroatoms. The zero-order valence-corrected chi connectivity index (χ0v) is 12.5. The predicted molar refractivity (Wildman–Crippen MR) is 78.5 cm³/mol. The molecule has 20 heavy (non-hydrogen) atoms. The number of carbonyl (C=O) groups excluding carboxylic acids is 1. The molecule has 7 nitrogen and oxygen atoms in total. The SMILES string of the molecule is CNc1cc(N(CC(N)=O)CC(C)C)nc(COC)n1. The zero-order chi connectivity index (χ0) is 15.1. The molecule has 0 spiro atoms. The number of ether oxygens (including phenoxy) is 1. The number of anilines is 2. The summed E-state index contributed by atoms with van der Waals surface area (Å²) in [5.41, 5.74) is 5.31. The molecule has 1 aromatic heterocycles. The molecule has 3 N–H and O–H groups in total. The second-order valence-corrected chi connectivity index (χ2v) is 4.95. The molecule has 0 aliphatic carbocycles. The second-order valence-electron chi connectivity index (χ2n) is 4.95. The molecule has 0 aromatic carbocycles. The number of nitrogens with one attached hydrogen (secondary N) is 1. The summed E-state index contributed by atoms with van der Waals surface area (Å²) in [5.74, 6) is 1.91. The van der Waals surface area contributed by atoms with Crippen LogP contribution in [0, 0.1) is 5.92 Å². The highest BCUT2D eigenvalue weighted by Gasteiger charge is 2.15. The Hall–Kier alpha value is -1.89. The van der Waals surface area contributed by atoms with Crippen molar-refractivity contribution in [3.05, 3.63) is 11.9 Å². The Labute approximate surface area is 119 Å². The minimum absolute atomic E-state index is 0.130. The van der Waals surface area contributed by atoms with E-state index in [9.17, 15) is 4.79 Å². The molecule has 0 atom stereocenters. The largest absolute Gasteiger partial charge is 0.377 e. The number of aromatic nitrogens is 2. The third-order valence-electron chi connectivity index (χ3n) is 2.54. The lowest BCUT2D eigenvalue weighted by molar-refractivity contribution is -0.116. The van der Waals surface area contributed by atoms with Gasteiger partial charge in [-0.1, -0.05) is 13.8 Å². The Morgan fingerprint density at radius 3 is 2.70 bits per heavy atom. The fourth-order valence-corrected chi connectivity index (χ4v) is 1.83. The summed E-state index contributed by atoms with van der Waals surface area (Å²) >= 11 is 0. The summed E-state index contributed by atoms with van der Waals surface area (Å²) in [7, 11) is 3.37. The van der Waals surface area contributed by atoms with Crippen molar-refractivity contribution in [3.63, 3.8) is 0 Å². The predicted octanol–water partition coefficient (Wildman–Crippen LogP) is 0.612. The highest BCUT2D eigenvalue weighted by molar-refractivity contribution is 5.79. The van der Waals surface area contributed by atoms with E-state index in [2.05, 4.69) is 29.1 Å². The van der Waals surface area contributed by atoms with Gasteiger partial charge in [0.1, 0.15) is 18.2 Å². The van der Waals surface area contributed by atoms with Crippen molar-refractivity contribution in [2.24, 2.45) is 11.7 Å². The maximum Gasteiger partial charge on any atom is 0.236 e. The summed E-state index contributed by atoms with van der Waals surface area (Å²) in [6.07, 6.45) is 0. The van der Waals surface area contributed by atoms with Crippen molar-refractivity contribution >= 4 is 17.5 Å². The van der Waals surface area contributed by atoms with Crippen molar-refractivity contribution in [2.75, 3.05) is 37.5 Å². The number of rotatable bonds is 8. The number of nitrogens with zero attached hydrogens (tertiary/aromatic N) is 3. The molecule has 1 heterocycles. The highest BCUT2D eigenvalue weighted by atomic mass is 16.5. The number of carbonyl (C=O) groups is 1. The molecule has 0 saturated heterocycles. The fourth-order valence-electron chi connectivity index (χ4n) is 1.83. The maximum absolute atomic E-state index is 11.2. The van der Waals surface area contributed by atoms with Gasteiger partial charge in [0.05, 0.1) is 6.54 Å². The topological polar surface area (TPSA) is 93.4 Å². The summed E-state index contributed by atoms with van der Waals surface area (Å²) in [4.78, 5) is 21.8. The van der Waals surface area contributed by atoms with E-state index >= 15 is 0 Å². The van der Waals surface area contributed by atoms with Gasteiger partial charge in [-0.25, -0.2) is 9.97 Å². The molecule has 1 rings (SSSR count). The standard InChI is InChI=1S/C13H23N5O2/c1-9(2)6-18(7-10(14)19)13-5-11(15-3)16-12(17-13)8-20-4/h5,9H,6-8H2,1-4H3,(H2,14,19)(H,15,16,17). The Morgan fingerprint density at radius 1 is 1.50 bits per heavy atom. The number of amides is 1. The quantitative estimate of drug-likeness (QED) is 0.725. The fraction of sp³-hybridized carbons (Fsp3) is 0.615. The highest BCUT2D eigenvalue weighted by Crippen LogP contribution is 2.17. The van der Waals surface area contributed by atoms with E-state index in [4.69, 9.17) is 10.5 Å². The first-order valence-electron chi connectivity index (χ1n) is 6.54. The van der Waals surface area contributed by atoms with E-state index in [0.717, 1.165) is 0 Å². The average molecular weight is 281 g/mol. The van der Waals surface area contributed by atoms with Gasteiger partial charge in [-0.2, -0.15) is 0 Å². The van der Waals surface area contributed by atoms with Gasteiger partial charge in [0.2, 0.25) is 5.91 Å². The van der Waals surface area contributed by atoms with Crippen molar-refractivity contribution < 1.29 is 9.53 Å². The van der Waals surface area contributed by atoms with Crippen molar-refractivity contribution in [1.29, 1.82) is 0 Å². The molecule has 0 saturated carbocycles. The zero-order valence-electron chi connectivity index (χ0n) is 12.5. The van der Waals surface area contributed by atoms with Gasteiger partial charge < -0.3 is 20.7 Å². The first-order valence-corrected chi connectivity index (χ1v) is 6.54. The van der Waals surface area contributed by atoms with Gasteiger partial charge in [-0.15, -0.1) is 0 Å². The van der Waals surface area contributed by atoms with Crippen molar-refractivity contribution in [3.8, 4) is 0 Å². The van der Waals surface area contributed by atoms with Crippen molar-refractivity contribution in [1.82, 2.24) is 9.97 Å². The Kier molecular flexibility index (Phi) is 6.17. The van der Waals surface area contributed by atoms with Gasteiger partial charge in [-0.05, 0) is 5.92 Å². The number of hydrogen-bond donors (Lipinski definition) is 2. The number of methoxy groups -OCH3 is 1. The smallest absolute Gasteiger partial charge is 0.236 e. The maximum atomic E-state index is 11.2. The van der Waals surface area contributed by atoms with Crippen LogP contribution in [0.5, 0.6) is 0 Å². The van der Waals surface area contributed by atoms with E-state index in [0.29, 0.717) is 36.5 Å². The third-order valence-corrected chi connectivity index (χ3v) is 2.54. The number of nitrogens with two attached hydrogens (primary N) is 1. The van der Waals surface area contributed by atoms with Gasteiger partial charge in [0.25, 0.3) is 0 Å². The Balaban J connectivity index is 3.09. The van der Waals surface area contributed by atoms with Crippen molar-refractivity contribution in [2.45, 2.75) is 20.5 Å². The van der Waals surface area contributed by atoms with E-state index in [-0.39, 0.29) is 12.5 Å². The van der Waals surface area contributed by atoms with Crippen LogP contribution < -0.4 is 16.0 Å². The number of primary amides is 1. The minimum Gasteiger partial charge on any atom is -0.377 e. The van der Waals surface area contributed by atoms with E-state index < -0.39 is 0 Å². The van der Waals surface area contributed by atoms with E-state index in [1.54, 1.807) is 20.2 Å². The second kappa shape index (κ2) is 7.64. The van der Waals surface area contributed by atoms with Crippen LogP contribution in [0.4, 0.5) is 11.6 Å². The molecule has 0 radical (unpaired) electrons. The summed E-state index contributed by atoms with van der Waals surface area (Å²) in [5, 5.41) is 2.98. The van der Waals surface area contributed by atoms with Crippen LogP contribution in [0.1, 0.15) is 19.7 Å². The Bertz CT molecular complexity index is 450. The normalized spacial score (nSPS) is 10.7. The summed E-state index contributed by atoms with van der Waals surface area (Å²) in [6, 6.07) is 1.80. The van der Waals surface area contributed by atoms with Crippen LogP contribution in [0.25, 0.3) is 0 Å². The summed E-state index contributed by atoms with van der Waals surface area (Å²) < 4.78 is 5.06. The molecule has 0 bridgehead atoms. The molecule has 0 fully saturated rings. The molecular weight excluding hydrogens is 258 g/mol. The number of hydrogen-bond acceptors (Lipinski definition) is 6. The molecule has 1 amide bonds. The molecular formula is C13H23N5O2. The average Bonchev–Trinajstić information content (AvgIpc) is 2.37. The molecule has 0 aliphatic rings. The van der Waals surface area contributed by atoms with Gasteiger partial charge in [-0.3, -0.25) is 4.79 Å². The van der Waals surface area contributed by atoms with Crippen LogP contribution in [0.2, 0.25) is 0 Å². The van der Waals surface area contributed by atoms with Crippen LogP contribution >= 0.6 is 0 Å². The van der Waals surface area contributed by atoms with Gasteiger partial charge >= 0.3 is 0 Å². The molecule has 0 aliphatic heterocycles. The lowest BCUT2D eigenvalue weighted by Crippen LogP contribution is -2.37.